The van der Waals surface area contributed by atoms with Crippen LogP contribution in [0.5, 0.6) is 17.2 Å². The highest BCUT2D eigenvalue weighted by atomic mass is 16.5. The lowest BCUT2D eigenvalue weighted by Crippen LogP contribution is -2.51. The van der Waals surface area contributed by atoms with Crippen molar-refractivity contribution in [2.45, 2.75) is 13.8 Å². The molecule has 8 nitrogen and oxygen atoms in total. The van der Waals surface area contributed by atoms with Gasteiger partial charge in [-0.1, -0.05) is 23.8 Å². The highest BCUT2D eigenvalue weighted by molar-refractivity contribution is 6.31. The molecule has 1 fully saturated rings. The van der Waals surface area contributed by atoms with Crippen molar-refractivity contribution in [3.8, 4) is 17.2 Å². The highest BCUT2D eigenvalue weighted by Gasteiger charge is 2.27. The zero-order chi connectivity index (χ0) is 21.5. The molecule has 0 saturated carbocycles. The van der Waals surface area contributed by atoms with E-state index in [2.05, 4.69) is 0 Å². The number of nitrogens with one attached hydrogen (secondary N) is 2. The standard InChI is InChI=1S/C22H22N2O6/c1-3-28-19-13-15(12-17-20(25)23-22(27)24-21(17)26)6-9-18(19)30-11-10-29-16-7-4-14(2)5-8-16/h4-9,12-13H,3,10-11H2,1-2H3,(H2,23,24,25,26,27). The van der Waals surface area contributed by atoms with Crippen molar-refractivity contribution in [3.05, 3.63) is 59.2 Å². The molecule has 30 heavy (non-hydrogen) atoms. The molecular formula is C22H22N2O6. The number of urea groups is 1. The van der Waals surface area contributed by atoms with Crippen molar-refractivity contribution < 1.29 is 28.6 Å². The summed E-state index contributed by atoms with van der Waals surface area (Å²) in [6.45, 7) is 4.92. The number of carbonyl (C=O) groups is 3. The molecule has 2 aromatic carbocycles. The van der Waals surface area contributed by atoms with Crippen LogP contribution >= 0.6 is 0 Å². The number of ether oxygens (including phenoxy) is 3. The first-order chi connectivity index (χ1) is 14.5. The molecule has 2 N–H and O–H groups in total. The van der Waals surface area contributed by atoms with Crippen LogP contribution in [0, 0.1) is 6.92 Å². The zero-order valence-corrected chi connectivity index (χ0v) is 16.7. The van der Waals surface area contributed by atoms with E-state index in [9.17, 15) is 14.4 Å². The molecule has 0 aromatic heterocycles. The summed E-state index contributed by atoms with van der Waals surface area (Å²) in [5.41, 5.74) is 1.54. The topological polar surface area (TPSA) is 103 Å². The van der Waals surface area contributed by atoms with Crippen LogP contribution in [0.15, 0.2) is 48.0 Å². The van der Waals surface area contributed by atoms with E-state index < -0.39 is 17.8 Å². The Morgan fingerprint density at radius 3 is 2.17 bits per heavy atom. The predicted octanol–water partition coefficient (Wildman–Crippen LogP) is 2.60. The van der Waals surface area contributed by atoms with E-state index in [0.29, 0.717) is 36.9 Å². The third kappa shape index (κ3) is 5.38. The normalized spacial score (nSPS) is 13.4. The molecule has 4 amide bonds. The third-order valence-electron chi connectivity index (χ3n) is 4.15. The smallest absolute Gasteiger partial charge is 0.328 e. The average molecular weight is 410 g/mol. The van der Waals surface area contributed by atoms with E-state index >= 15 is 0 Å². The summed E-state index contributed by atoms with van der Waals surface area (Å²) in [6.07, 6.45) is 1.38. The molecule has 0 radical (unpaired) electrons. The maximum atomic E-state index is 11.9. The number of hydrogen-bond donors (Lipinski definition) is 2. The van der Waals surface area contributed by atoms with E-state index in [1.165, 1.54) is 6.08 Å². The molecule has 0 spiro atoms. The van der Waals surface area contributed by atoms with Gasteiger partial charge in [-0.3, -0.25) is 20.2 Å². The van der Waals surface area contributed by atoms with E-state index in [1.807, 2.05) is 48.7 Å². The van der Waals surface area contributed by atoms with Crippen LogP contribution in [0.25, 0.3) is 6.08 Å². The van der Waals surface area contributed by atoms with Gasteiger partial charge in [0.05, 0.1) is 6.61 Å². The Balaban J connectivity index is 1.66. The molecule has 1 heterocycles. The lowest BCUT2D eigenvalue weighted by Gasteiger charge is -2.15. The lowest BCUT2D eigenvalue weighted by molar-refractivity contribution is -0.123. The Morgan fingerprint density at radius 2 is 1.50 bits per heavy atom. The van der Waals surface area contributed by atoms with Crippen LogP contribution in [0.3, 0.4) is 0 Å². The van der Waals surface area contributed by atoms with Crippen LogP contribution in [0.4, 0.5) is 4.79 Å². The number of imide groups is 2. The molecule has 0 aliphatic carbocycles. The minimum absolute atomic E-state index is 0.169. The van der Waals surface area contributed by atoms with E-state index in [-0.39, 0.29) is 5.57 Å². The van der Waals surface area contributed by atoms with Gasteiger partial charge in [0.25, 0.3) is 11.8 Å². The van der Waals surface area contributed by atoms with E-state index in [1.54, 1.807) is 18.2 Å². The van der Waals surface area contributed by atoms with Gasteiger partial charge >= 0.3 is 6.03 Å². The Labute approximate surface area is 173 Å². The van der Waals surface area contributed by atoms with Gasteiger partial charge in [0, 0.05) is 0 Å². The number of rotatable bonds is 8. The summed E-state index contributed by atoms with van der Waals surface area (Å²) >= 11 is 0. The van der Waals surface area contributed by atoms with Crippen molar-refractivity contribution in [2.75, 3.05) is 19.8 Å². The van der Waals surface area contributed by atoms with Gasteiger partial charge in [0.2, 0.25) is 0 Å². The number of aryl methyl sites for hydroxylation is 1. The first kappa shape index (κ1) is 20.9. The fraction of sp³-hybridized carbons (Fsp3) is 0.227. The van der Waals surface area contributed by atoms with E-state index in [0.717, 1.165) is 11.3 Å². The molecule has 1 saturated heterocycles. The molecule has 1 aliphatic rings. The minimum atomic E-state index is -0.839. The predicted molar refractivity (Wildman–Crippen MR) is 109 cm³/mol. The van der Waals surface area contributed by atoms with Crippen LogP contribution in [0.2, 0.25) is 0 Å². The average Bonchev–Trinajstić information content (AvgIpc) is 2.71. The molecule has 2 aromatic rings. The molecule has 0 atom stereocenters. The van der Waals surface area contributed by atoms with Gasteiger partial charge in [-0.05, 0) is 49.8 Å². The monoisotopic (exact) mass is 410 g/mol. The largest absolute Gasteiger partial charge is 0.490 e. The van der Waals surface area contributed by atoms with Gasteiger partial charge in [-0.25, -0.2) is 4.79 Å². The minimum Gasteiger partial charge on any atom is -0.490 e. The number of carbonyl (C=O) groups excluding carboxylic acids is 3. The molecule has 1 aliphatic heterocycles. The summed E-state index contributed by atoms with van der Waals surface area (Å²) in [7, 11) is 0. The Kier molecular flexibility index (Phi) is 6.69. The van der Waals surface area contributed by atoms with Crippen molar-refractivity contribution in [3.63, 3.8) is 0 Å². The zero-order valence-electron chi connectivity index (χ0n) is 16.7. The van der Waals surface area contributed by atoms with Gasteiger partial charge in [-0.2, -0.15) is 0 Å². The SMILES string of the molecule is CCOc1cc(C=C2C(=O)NC(=O)NC2=O)ccc1OCCOc1ccc(C)cc1. The fourth-order valence-electron chi connectivity index (χ4n) is 2.72. The number of barbiturate groups is 1. The fourth-order valence-corrected chi connectivity index (χ4v) is 2.72. The molecule has 156 valence electrons. The highest BCUT2D eigenvalue weighted by Crippen LogP contribution is 2.29. The second-order valence-corrected chi connectivity index (χ2v) is 6.44. The molecule has 0 bridgehead atoms. The van der Waals surface area contributed by atoms with Crippen LogP contribution in [-0.4, -0.2) is 37.7 Å². The number of hydrogen-bond acceptors (Lipinski definition) is 6. The number of benzene rings is 2. The Hall–Kier alpha value is -3.81. The van der Waals surface area contributed by atoms with Gasteiger partial charge in [-0.15, -0.1) is 0 Å². The third-order valence-corrected chi connectivity index (χ3v) is 4.15. The second-order valence-electron chi connectivity index (χ2n) is 6.44. The second kappa shape index (κ2) is 9.60. The van der Waals surface area contributed by atoms with Gasteiger partial charge < -0.3 is 14.2 Å². The lowest BCUT2D eigenvalue weighted by atomic mass is 10.1. The van der Waals surface area contributed by atoms with Crippen LogP contribution in [0.1, 0.15) is 18.1 Å². The maximum Gasteiger partial charge on any atom is 0.328 e. The van der Waals surface area contributed by atoms with Crippen LogP contribution in [-0.2, 0) is 9.59 Å². The maximum absolute atomic E-state index is 11.9. The number of amides is 4. The van der Waals surface area contributed by atoms with Crippen molar-refractivity contribution in [1.29, 1.82) is 0 Å². The van der Waals surface area contributed by atoms with Crippen molar-refractivity contribution >= 4 is 23.9 Å². The Morgan fingerprint density at radius 1 is 0.833 bits per heavy atom. The van der Waals surface area contributed by atoms with E-state index in [4.69, 9.17) is 14.2 Å². The first-order valence-electron chi connectivity index (χ1n) is 9.43. The quantitative estimate of drug-likeness (QED) is 0.394. The molecule has 0 unspecified atom stereocenters. The summed E-state index contributed by atoms with van der Waals surface area (Å²) in [4.78, 5) is 34.9. The van der Waals surface area contributed by atoms with Gasteiger partial charge in [0.15, 0.2) is 11.5 Å². The molecule has 3 rings (SSSR count). The summed E-state index contributed by atoms with van der Waals surface area (Å²) in [6, 6.07) is 11.9. The Bertz CT molecular complexity index is 960. The first-order valence-corrected chi connectivity index (χ1v) is 9.43. The summed E-state index contributed by atoms with van der Waals surface area (Å²) in [5, 5.41) is 4.07. The van der Waals surface area contributed by atoms with Crippen molar-refractivity contribution in [2.24, 2.45) is 0 Å². The van der Waals surface area contributed by atoms with Crippen LogP contribution < -0.4 is 24.8 Å². The van der Waals surface area contributed by atoms with Gasteiger partial charge in [0.1, 0.15) is 24.5 Å². The van der Waals surface area contributed by atoms with Crippen molar-refractivity contribution in [1.82, 2.24) is 10.6 Å². The summed E-state index contributed by atoms with van der Waals surface area (Å²) in [5.74, 6) is 0.235. The molecular weight excluding hydrogens is 388 g/mol. The molecule has 8 heteroatoms. The summed E-state index contributed by atoms with van der Waals surface area (Å²) < 4.78 is 17.0.